The average molecular weight is 1360 g/mol. The van der Waals surface area contributed by atoms with Crippen LogP contribution in [-0.4, -0.2) is 191 Å². The van der Waals surface area contributed by atoms with Gasteiger partial charge in [0, 0.05) is 50.4 Å². The first kappa shape index (κ1) is 76.3. The third-order valence-corrected chi connectivity index (χ3v) is 18.2. The van der Waals surface area contributed by atoms with Gasteiger partial charge < -0.3 is 61.8 Å². The molecule has 0 saturated carbocycles. The molecule has 10 atom stereocenters. The highest BCUT2D eigenvalue weighted by Gasteiger charge is 2.49. The van der Waals surface area contributed by atoms with E-state index in [1.54, 1.807) is 83.1 Å². The van der Waals surface area contributed by atoms with E-state index in [0.717, 1.165) is 57.7 Å². The van der Waals surface area contributed by atoms with E-state index in [9.17, 15) is 57.5 Å². The lowest BCUT2D eigenvalue weighted by atomic mass is 9.85. The molecule has 2 saturated heterocycles. The molecule has 26 heteroatoms. The molecule has 12 amide bonds. The summed E-state index contributed by atoms with van der Waals surface area (Å²) in [5, 5.41) is 22.9. The highest BCUT2D eigenvalue weighted by atomic mass is 16.6. The van der Waals surface area contributed by atoms with Crippen molar-refractivity contribution in [2.24, 2.45) is 10.8 Å². The van der Waals surface area contributed by atoms with Crippen molar-refractivity contribution in [2.75, 3.05) is 40.3 Å². The fourth-order valence-electron chi connectivity index (χ4n) is 12.6. The highest BCUT2D eigenvalue weighted by Crippen LogP contribution is 2.34. The van der Waals surface area contributed by atoms with Gasteiger partial charge in [0.1, 0.15) is 47.5 Å². The van der Waals surface area contributed by atoms with Gasteiger partial charge in [-0.3, -0.25) is 57.7 Å². The number of nitrogens with one attached hydrogen (secondary N) is 8. The molecule has 534 valence electrons. The number of likely N-dealkylation sites (tertiary alicyclic amines) is 2. The number of carbonyl (C=O) groups excluding carboxylic acids is 12. The summed E-state index contributed by atoms with van der Waals surface area (Å²) in [4.78, 5) is 172. The Balaban J connectivity index is 0.964. The second-order valence-electron chi connectivity index (χ2n) is 30.4. The van der Waals surface area contributed by atoms with E-state index in [2.05, 4.69) is 42.5 Å². The van der Waals surface area contributed by atoms with E-state index < -0.39 is 155 Å². The number of amides is 12. The number of nitrogens with zero attached hydrogens (tertiary/aromatic N) is 4. The van der Waals surface area contributed by atoms with E-state index in [1.165, 1.54) is 62.0 Å². The second-order valence-corrected chi connectivity index (χ2v) is 30.4. The summed E-state index contributed by atoms with van der Waals surface area (Å²) in [5.74, 6) is -5.88. The number of fused-ring (bicyclic) bond motifs is 2. The summed E-state index contributed by atoms with van der Waals surface area (Å²) in [6, 6.07) is 12.3. The predicted molar refractivity (Wildman–Crippen MR) is 365 cm³/mol. The third-order valence-electron chi connectivity index (χ3n) is 18.2. The first-order chi connectivity index (χ1) is 45.7. The van der Waals surface area contributed by atoms with Crippen LogP contribution in [0.2, 0.25) is 0 Å². The van der Waals surface area contributed by atoms with Crippen molar-refractivity contribution in [1.29, 1.82) is 0 Å². The first-order valence-corrected chi connectivity index (χ1v) is 33.9. The van der Waals surface area contributed by atoms with Crippen LogP contribution in [0.4, 0.5) is 9.59 Å². The summed E-state index contributed by atoms with van der Waals surface area (Å²) in [7, 11) is 2.84. The Labute approximate surface area is 575 Å². The fourth-order valence-corrected chi connectivity index (χ4v) is 12.6. The van der Waals surface area contributed by atoms with Crippen molar-refractivity contribution in [3.8, 4) is 0 Å². The number of hydrogen-bond acceptors (Lipinski definition) is 14. The van der Waals surface area contributed by atoms with Crippen LogP contribution in [-0.2, 0) is 60.7 Å². The van der Waals surface area contributed by atoms with Gasteiger partial charge in [-0.1, -0.05) is 90.1 Å². The molecule has 26 nitrogen and oxygen atoms in total. The van der Waals surface area contributed by atoms with Gasteiger partial charge in [0.15, 0.2) is 0 Å². The molecule has 0 spiro atoms. The van der Waals surface area contributed by atoms with Gasteiger partial charge in [-0.15, -0.1) is 0 Å². The molecule has 8 N–H and O–H groups in total. The van der Waals surface area contributed by atoms with Crippen molar-refractivity contribution in [1.82, 2.24) is 62.1 Å². The Hall–Kier alpha value is -9.10. The quantitative estimate of drug-likeness (QED) is 0.0714. The van der Waals surface area contributed by atoms with Crippen molar-refractivity contribution >= 4 is 71.3 Å². The van der Waals surface area contributed by atoms with E-state index in [0.29, 0.717) is 12.8 Å². The monoisotopic (exact) mass is 1360 g/mol. The molecule has 0 bridgehead atoms. The van der Waals surface area contributed by atoms with Crippen molar-refractivity contribution in [2.45, 2.75) is 220 Å². The molecule has 2 aliphatic carbocycles. The van der Waals surface area contributed by atoms with Gasteiger partial charge >= 0.3 is 12.2 Å². The molecular weight excluding hydrogens is 1260 g/mol. The molecular formula is C72H102N12O14. The molecule has 0 unspecified atom stereocenters. The second kappa shape index (κ2) is 31.6. The van der Waals surface area contributed by atoms with Gasteiger partial charge in [0.25, 0.3) is 11.8 Å². The maximum absolute atomic E-state index is 14.9. The molecule has 0 aromatic heterocycles. The molecule has 4 aliphatic rings. The Kier molecular flexibility index (Phi) is 24.6. The zero-order valence-corrected chi connectivity index (χ0v) is 59.7. The van der Waals surface area contributed by atoms with Crippen LogP contribution in [0.15, 0.2) is 72.8 Å². The van der Waals surface area contributed by atoms with Crippen molar-refractivity contribution in [3.63, 3.8) is 0 Å². The normalized spacial score (nSPS) is 20.4. The molecule has 0 radical (unpaired) electrons. The predicted octanol–water partition coefficient (Wildman–Crippen LogP) is 5.28. The smallest absolute Gasteiger partial charge is 0.410 e. The Morgan fingerprint density at radius 3 is 1.15 bits per heavy atom. The number of aryl methyl sites for hydroxylation is 2. The number of benzene rings is 3. The van der Waals surface area contributed by atoms with E-state index in [1.807, 2.05) is 48.5 Å². The van der Waals surface area contributed by atoms with Crippen LogP contribution in [0.1, 0.15) is 191 Å². The van der Waals surface area contributed by atoms with Crippen molar-refractivity contribution < 1.29 is 67.0 Å². The summed E-state index contributed by atoms with van der Waals surface area (Å²) in [6.07, 6.45) is 3.25. The van der Waals surface area contributed by atoms with Crippen LogP contribution in [0.25, 0.3) is 0 Å². The van der Waals surface area contributed by atoms with Crippen LogP contribution < -0.4 is 42.5 Å². The van der Waals surface area contributed by atoms with E-state index in [-0.39, 0.29) is 49.1 Å². The summed E-state index contributed by atoms with van der Waals surface area (Å²) in [5.41, 5.74) is 0.896. The van der Waals surface area contributed by atoms with Gasteiger partial charge in [-0.25, -0.2) is 9.59 Å². The largest absolute Gasteiger partial charge is 0.444 e. The fraction of sp³-hybridized carbons (Fsp3) is 0.583. The molecule has 98 heavy (non-hydrogen) atoms. The van der Waals surface area contributed by atoms with E-state index >= 15 is 0 Å². The first-order valence-electron chi connectivity index (χ1n) is 33.9. The van der Waals surface area contributed by atoms with Crippen molar-refractivity contribution in [3.05, 3.63) is 106 Å². The zero-order chi connectivity index (χ0) is 72.5. The SMILES string of the molecule is C[C@@H](C(=O)N[C@H](C(=O)N1C[C@@H](NC(=O)CNC(=O)c2ccc(C(=O)NCC(=O)N[C@H]3C[C@@H](C(=O)N[C@@H]4CCCc5ccccc54)N(C(=O)[C@@H](NC(=O)[C@H](C)N(C)C(=O)OC(C)(C)C)C(C)(C)C)C3)cc2)C[C@H]1C(=O)N[C@@H]1CCCc2ccccc21)C(C)(C)C)N(C)C(=O)OC(C)(C)C. The lowest BCUT2D eigenvalue weighted by Gasteiger charge is -2.37. The third kappa shape index (κ3) is 20.0. The lowest BCUT2D eigenvalue weighted by molar-refractivity contribution is -0.144. The number of likely N-dealkylation sites (N-methyl/N-ethyl adjacent to an activating group) is 2. The minimum Gasteiger partial charge on any atom is -0.444 e. The average Bonchev–Trinajstić information content (AvgIpc) is 1.65. The Morgan fingerprint density at radius 2 is 0.827 bits per heavy atom. The minimum atomic E-state index is -1.19. The molecule has 3 aromatic rings. The van der Waals surface area contributed by atoms with Gasteiger partial charge in [-0.2, -0.15) is 0 Å². The number of rotatable bonds is 20. The summed E-state index contributed by atoms with van der Waals surface area (Å²) < 4.78 is 10.9. The Morgan fingerprint density at radius 1 is 0.490 bits per heavy atom. The van der Waals surface area contributed by atoms with Gasteiger partial charge in [0.05, 0.1) is 25.2 Å². The summed E-state index contributed by atoms with van der Waals surface area (Å²) in [6.45, 7) is 22.6. The maximum Gasteiger partial charge on any atom is 0.410 e. The number of ether oxygens (including phenoxy) is 2. The van der Waals surface area contributed by atoms with Crippen LogP contribution in [0.3, 0.4) is 0 Å². The number of carbonyl (C=O) groups is 12. The topological polar surface area (TPSA) is 332 Å². The van der Waals surface area contributed by atoms with E-state index in [4.69, 9.17) is 9.47 Å². The van der Waals surface area contributed by atoms with Crippen LogP contribution >= 0.6 is 0 Å². The van der Waals surface area contributed by atoms with Gasteiger partial charge in [0.2, 0.25) is 47.3 Å². The minimum absolute atomic E-state index is 0.00908. The number of hydrogen-bond donors (Lipinski definition) is 8. The highest BCUT2D eigenvalue weighted by molar-refractivity contribution is 6.01. The molecule has 2 fully saturated rings. The summed E-state index contributed by atoms with van der Waals surface area (Å²) >= 11 is 0. The van der Waals surface area contributed by atoms with Gasteiger partial charge in [-0.05, 0) is 164 Å². The Bertz CT molecular complexity index is 3250. The standard InChI is InChI=1S/C72H102N12O14/c1-41(81(15)67(95)97-71(9,10)11)59(87)79-57(69(3,4)5)65(93)83-39-47(35-53(83)63(91)77-51-29-21-25-43-23-17-19-27-49(43)51)75-55(85)37-73-61(89)45-31-33-46(34-32-45)62(90)74-38-56(86)76-48-36-54(64(92)78-52-30-22-26-44-24-18-20-28-50(44)52)84(40-48)66(94)58(70(6,7)8)80-60(88)42(2)82(16)68(96)98-72(12,13)14/h17-20,23-24,27-28,31-34,41-42,47-48,51-54,57-58H,21-22,25-26,29-30,35-40H2,1-16H3,(H,73,89)(H,74,90)(H,75,85)(H,76,86)(H,77,91)(H,78,92)(H,79,87)(H,80,88)/t41-,42-,47-,48-,51+,52+,53-,54-,57+,58+/m0/s1. The molecule has 7 rings (SSSR count). The maximum atomic E-state index is 14.9. The lowest BCUT2D eigenvalue weighted by Crippen LogP contribution is -2.60. The van der Waals surface area contributed by atoms with Crippen LogP contribution in [0, 0.1) is 10.8 Å². The zero-order valence-electron chi connectivity index (χ0n) is 59.7. The molecule has 2 heterocycles. The van der Waals surface area contributed by atoms with Crippen LogP contribution in [0.5, 0.6) is 0 Å². The molecule has 2 aliphatic heterocycles. The molecule has 3 aromatic carbocycles.